The lowest BCUT2D eigenvalue weighted by molar-refractivity contribution is 0.123. The van der Waals surface area contributed by atoms with Gasteiger partial charge >= 0.3 is 23.6 Å². The van der Waals surface area contributed by atoms with Crippen LogP contribution >= 0.6 is 0 Å². The molecule has 0 aliphatic rings. The number of hydrogen-bond donors (Lipinski definition) is 2. The van der Waals surface area contributed by atoms with E-state index in [4.69, 9.17) is 31.3 Å². The van der Waals surface area contributed by atoms with Gasteiger partial charge in [0.15, 0.2) is 0 Å². The zero-order valence-corrected chi connectivity index (χ0v) is 45.9. The lowest BCUT2D eigenvalue weighted by Crippen LogP contribution is -2.46. The lowest BCUT2D eigenvalue weighted by Gasteiger charge is -2.28. The number of aromatic nitrogens is 3. The van der Waals surface area contributed by atoms with Crippen LogP contribution in [0.2, 0.25) is 88.6 Å². The Morgan fingerprint density at radius 3 is 0.967 bits per heavy atom. The number of alkyl halides is 1. The Morgan fingerprint density at radius 1 is 0.426 bits per heavy atom. The van der Waals surface area contributed by atoms with Gasteiger partial charge in [-0.1, -0.05) is 159 Å². The smallest absolute Gasteiger partial charge is 0.431 e. The molecule has 19 heteroatoms. The fourth-order valence-electron chi connectivity index (χ4n) is 8.02. The van der Waals surface area contributed by atoms with Crippen molar-refractivity contribution in [1.29, 1.82) is 0 Å². The van der Waals surface area contributed by atoms with E-state index in [9.17, 15) is 4.39 Å². The number of anilines is 2. The molecule has 0 radical (unpaired) electrons. The van der Waals surface area contributed by atoms with Crippen molar-refractivity contribution in [3.8, 4) is 6.01 Å². The molecule has 0 fully saturated rings. The fourth-order valence-corrected chi connectivity index (χ4v) is 21.8. The molecule has 2 aromatic carbocycles. The summed E-state index contributed by atoms with van der Waals surface area (Å²) >= 11 is 0. The summed E-state index contributed by atoms with van der Waals surface area (Å²) in [5.74, 6) is 0.772. The van der Waals surface area contributed by atoms with Crippen molar-refractivity contribution in [2.75, 3.05) is 73.2 Å². The summed E-state index contributed by atoms with van der Waals surface area (Å²) in [5.41, 5.74) is 0. The number of nitrogens with zero attached hydrogens (tertiary/aromatic N) is 3. The first-order chi connectivity index (χ1) is 28.8. The standard InChI is InChI=1S/C42H78FN5O7Si6/c1-49-60(50-2,51-3)33-17-31-58(11,12)38-23-19-36(20-24-38)56(7,8)29-15-27-44-40-46-41(48-42(47-40)55-35-43)45-28-16-30-57(9,10)37-21-25-39(26-22-37)59(13,14)32-18-34-61(52-4,53-5)54-6/h19-26H,15-18,27-35H2,1-14H3,(H2,44,45,46,47,48). The molecule has 0 amide bonds. The molecule has 0 spiro atoms. The molecule has 0 unspecified atom stereocenters. The third kappa shape index (κ3) is 15.8. The van der Waals surface area contributed by atoms with Gasteiger partial charge in [-0.2, -0.15) is 15.0 Å². The van der Waals surface area contributed by atoms with E-state index in [1.165, 1.54) is 20.7 Å². The third-order valence-electron chi connectivity index (χ3n) is 12.7. The zero-order chi connectivity index (χ0) is 45.4. The van der Waals surface area contributed by atoms with E-state index in [2.05, 4.69) is 126 Å². The molecule has 1 heterocycles. The molecule has 344 valence electrons. The molecule has 0 aliphatic heterocycles. The van der Waals surface area contributed by atoms with Crippen LogP contribution in [-0.2, 0) is 26.6 Å². The molecular weight excluding hydrogens is 874 g/mol. The normalized spacial score (nSPS) is 13.1. The van der Waals surface area contributed by atoms with Gasteiger partial charge in [0.2, 0.25) is 18.8 Å². The molecule has 0 aliphatic carbocycles. The Hall–Kier alpha value is -2.16. The van der Waals surface area contributed by atoms with Crippen LogP contribution in [0.1, 0.15) is 25.7 Å². The van der Waals surface area contributed by atoms with E-state index < -0.39 is 56.8 Å². The Kier molecular flexibility index (Phi) is 21.1. The predicted octanol–water partition coefficient (Wildman–Crippen LogP) is 7.38. The fraction of sp³-hybridized carbons (Fsp3) is 0.643. The maximum absolute atomic E-state index is 13.2. The first-order valence-electron chi connectivity index (χ1n) is 21.7. The Labute approximate surface area is 373 Å². The SMILES string of the molecule is CO[Si](CCC[Si](C)(C)c1ccc([Si](C)(C)CCCNc2nc(NCCC[Si](C)(C)c3ccc([Si](C)(C)CCC[Si](OC)(OC)OC)cc3)nc(OCF)n2)cc1)(OC)OC. The van der Waals surface area contributed by atoms with Gasteiger partial charge in [-0.05, 0) is 12.8 Å². The van der Waals surface area contributed by atoms with Crippen molar-refractivity contribution in [1.82, 2.24) is 15.0 Å². The maximum atomic E-state index is 13.2. The van der Waals surface area contributed by atoms with Crippen LogP contribution < -0.4 is 36.1 Å². The maximum Gasteiger partial charge on any atom is 0.500 e. The molecule has 12 nitrogen and oxygen atoms in total. The topological polar surface area (TPSA) is 127 Å². The van der Waals surface area contributed by atoms with E-state index in [0.717, 1.165) is 61.9 Å². The van der Waals surface area contributed by atoms with E-state index >= 15 is 0 Å². The molecule has 61 heavy (non-hydrogen) atoms. The van der Waals surface area contributed by atoms with Crippen LogP contribution in [0.25, 0.3) is 0 Å². The van der Waals surface area contributed by atoms with Gasteiger partial charge in [0.1, 0.15) is 0 Å². The Morgan fingerprint density at radius 2 is 0.705 bits per heavy atom. The molecule has 2 N–H and O–H groups in total. The third-order valence-corrected chi connectivity index (χ3v) is 32.3. The highest BCUT2D eigenvalue weighted by Gasteiger charge is 2.39. The van der Waals surface area contributed by atoms with E-state index in [1.807, 2.05) is 0 Å². The van der Waals surface area contributed by atoms with Crippen molar-refractivity contribution in [2.24, 2.45) is 0 Å². The highest BCUT2D eigenvalue weighted by atomic mass is 28.4. The first-order valence-corrected chi connectivity index (χ1v) is 38.4. The number of hydrogen-bond acceptors (Lipinski definition) is 12. The summed E-state index contributed by atoms with van der Waals surface area (Å²) in [6.45, 7) is 19.8. The van der Waals surface area contributed by atoms with Crippen LogP contribution in [0.5, 0.6) is 6.01 Å². The van der Waals surface area contributed by atoms with Gasteiger partial charge in [-0.15, -0.1) is 0 Å². The van der Waals surface area contributed by atoms with E-state index in [1.54, 1.807) is 42.7 Å². The lowest BCUT2D eigenvalue weighted by atomic mass is 10.4. The highest BCUT2D eigenvalue weighted by Crippen LogP contribution is 2.24. The first kappa shape index (κ1) is 53.2. The molecular formula is C42H78FN5O7Si6. The van der Waals surface area contributed by atoms with Gasteiger partial charge in [0.25, 0.3) is 0 Å². The minimum Gasteiger partial charge on any atom is -0.431 e. The number of ether oxygens (including phenoxy) is 1. The van der Waals surface area contributed by atoms with Crippen LogP contribution in [0.15, 0.2) is 48.5 Å². The summed E-state index contributed by atoms with van der Waals surface area (Å²) < 4.78 is 52.1. The minimum absolute atomic E-state index is 0.0278. The Bertz CT molecular complexity index is 1600. The average molecular weight is 953 g/mol. The second kappa shape index (κ2) is 24.2. The number of nitrogens with one attached hydrogen (secondary N) is 2. The highest BCUT2D eigenvalue weighted by molar-refractivity contribution is 6.92. The molecule has 0 saturated carbocycles. The molecule has 3 aromatic rings. The predicted molar refractivity (Wildman–Crippen MR) is 266 cm³/mol. The van der Waals surface area contributed by atoms with Crippen LogP contribution in [0.3, 0.4) is 0 Å². The second-order valence-electron chi connectivity index (χ2n) is 18.6. The summed E-state index contributed by atoms with van der Waals surface area (Å²) in [7, 11) is -1.68. The number of halogens is 1. The van der Waals surface area contributed by atoms with Crippen LogP contribution in [0.4, 0.5) is 16.3 Å². The summed E-state index contributed by atoms with van der Waals surface area (Å²) in [4.78, 5) is 13.3. The van der Waals surface area contributed by atoms with Crippen molar-refractivity contribution in [2.45, 2.75) is 114 Å². The largest absolute Gasteiger partial charge is 0.500 e. The van der Waals surface area contributed by atoms with Gasteiger partial charge in [0, 0.05) is 67.8 Å². The van der Waals surface area contributed by atoms with Crippen molar-refractivity contribution in [3.63, 3.8) is 0 Å². The monoisotopic (exact) mass is 951 g/mol. The van der Waals surface area contributed by atoms with Gasteiger partial charge in [0.05, 0.1) is 32.3 Å². The molecule has 1 aromatic heterocycles. The zero-order valence-electron chi connectivity index (χ0n) is 39.9. The summed E-state index contributed by atoms with van der Waals surface area (Å²) in [6.07, 6.45) is 3.96. The van der Waals surface area contributed by atoms with Gasteiger partial charge < -0.3 is 41.9 Å². The van der Waals surface area contributed by atoms with Crippen LogP contribution in [-0.4, -0.2) is 127 Å². The van der Waals surface area contributed by atoms with E-state index in [0.29, 0.717) is 25.0 Å². The number of benzene rings is 2. The molecule has 0 bridgehead atoms. The minimum atomic E-state index is -2.55. The van der Waals surface area contributed by atoms with Crippen molar-refractivity contribution in [3.05, 3.63) is 48.5 Å². The quantitative estimate of drug-likeness (QED) is 0.0512. The van der Waals surface area contributed by atoms with Gasteiger partial charge in [-0.3, -0.25) is 0 Å². The average Bonchev–Trinajstić information content (AvgIpc) is 3.25. The molecule has 0 atom stereocenters. The van der Waals surface area contributed by atoms with Crippen molar-refractivity contribution < 1.29 is 35.7 Å². The summed E-state index contributed by atoms with van der Waals surface area (Å²) in [5, 5.41) is 12.6. The Balaban J connectivity index is 1.50. The van der Waals surface area contributed by atoms with Gasteiger partial charge in [-0.25, -0.2) is 4.39 Å². The van der Waals surface area contributed by atoms with E-state index in [-0.39, 0.29) is 6.01 Å². The van der Waals surface area contributed by atoms with Crippen molar-refractivity contribution >= 4 is 82.5 Å². The van der Waals surface area contributed by atoms with Crippen LogP contribution in [0, 0.1) is 0 Å². The number of rotatable bonds is 30. The molecule has 3 rings (SSSR count). The second-order valence-corrected chi connectivity index (χ2v) is 44.1. The summed E-state index contributed by atoms with van der Waals surface area (Å²) in [6, 6.07) is 25.0. The molecule has 0 saturated heterocycles.